The van der Waals surface area contributed by atoms with E-state index in [2.05, 4.69) is 15.6 Å². The molecule has 0 spiro atoms. The molecule has 0 saturated carbocycles. The summed E-state index contributed by atoms with van der Waals surface area (Å²) in [6.45, 7) is 12.3. The molecule has 24 heavy (non-hydrogen) atoms. The minimum Gasteiger partial charge on any atom is -0.444 e. The van der Waals surface area contributed by atoms with E-state index in [-0.39, 0.29) is 0 Å². The predicted octanol–water partition coefficient (Wildman–Crippen LogP) is 2.28. The Morgan fingerprint density at radius 1 is 1.08 bits per heavy atom. The highest BCUT2D eigenvalue weighted by atomic mass is 16.6. The number of aromatic nitrogens is 2. The standard InChI is InChI=1S/C16H28N4O4/c1-15(2,3)23-13(21)18-8-7-17-9-12-10-20(11-19-12)14(22)24-16(4,5)6/h10-11,17H,7-9H2,1-6H3,(H,18,21). The summed E-state index contributed by atoms with van der Waals surface area (Å²) >= 11 is 0. The van der Waals surface area contributed by atoms with Crippen LogP contribution in [0.15, 0.2) is 12.5 Å². The summed E-state index contributed by atoms with van der Waals surface area (Å²) in [7, 11) is 0. The van der Waals surface area contributed by atoms with E-state index in [4.69, 9.17) is 9.47 Å². The fourth-order valence-corrected chi connectivity index (χ4v) is 1.65. The summed E-state index contributed by atoms with van der Waals surface area (Å²) in [4.78, 5) is 27.4. The molecule has 0 bridgehead atoms. The van der Waals surface area contributed by atoms with Gasteiger partial charge in [0.25, 0.3) is 0 Å². The molecule has 0 aromatic carbocycles. The van der Waals surface area contributed by atoms with Gasteiger partial charge in [0, 0.05) is 25.8 Å². The molecule has 0 radical (unpaired) electrons. The van der Waals surface area contributed by atoms with Gasteiger partial charge in [-0.05, 0) is 41.5 Å². The van der Waals surface area contributed by atoms with Crippen LogP contribution in [0.25, 0.3) is 0 Å². The Bertz CT molecular complexity index is 555. The van der Waals surface area contributed by atoms with Gasteiger partial charge in [0.05, 0.1) is 5.69 Å². The molecule has 2 N–H and O–H groups in total. The predicted molar refractivity (Wildman–Crippen MR) is 89.8 cm³/mol. The number of nitrogens with one attached hydrogen (secondary N) is 2. The van der Waals surface area contributed by atoms with Crippen LogP contribution < -0.4 is 10.6 Å². The minimum absolute atomic E-state index is 0.432. The fourth-order valence-electron chi connectivity index (χ4n) is 1.65. The van der Waals surface area contributed by atoms with Gasteiger partial charge in [0.15, 0.2) is 0 Å². The first-order valence-electron chi connectivity index (χ1n) is 7.90. The number of carbonyl (C=O) groups is 2. The van der Waals surface area contributed by atoms with Crippen LogP contribution >= 0.6 is 0 Å². The number of ether oxygens (including phenoxy) is 2. The molecular formula is C16H28N4O4. The van der Waals surface area contributed by atoms with Crippen LogP contribution in [0.2, 0.25) is 0 Å². The Hall–Kier alpha value is -2.09. The third-order valence-electron chi connectivity index (χ3n) is 2.52. The molecule has 0 atom stereocenters. The lowest BCUT2D eigenvalue weighted by Gasteiger charge is -2.19. The highest BCUT2D eigenvalue weighted by molar-refractivity contribution is 5.70. The summed E-state index contributed by atoms with van der Waals surface area (Å²) in [5, 5.41) is 5.77. The second-order valence-electron chi connectivity index (χ2n) is 7.36. The van der Waals surface area contributed by atoms with Crippen LogP contribution in [-0.2, 0) is 16.0 Å². The Morgan fingerprint density at radius 2 is 1.71 bits per heavy atom. The lowest BCUT2D eigenvalue weighted by molar-refractivity contribution is 0.0520. The van der Waals surface area contributed by atoms with E-state index in [1.807, 2.05) is 41.5 Å². The van der Waals surface area contributed by atoms with E-state index in [0.29, 0.717) is 25.3 Å². The quantitative estimate of drug-likeness (QED) is 0.799. The molecule has 0 aliphatic heterocycles. The normalized spacial score (nSPS) is 11.9. The van der Waals surface area contributed by atoms with Crippen LogP contribution in [0.3, 0.4) is 0 Å². The molecular weight excluding hydrogens is 312 g/mol. The largest absolute Gasteiger partial charge is 0.444 e. The summed E-state index contributed by atoms with van der Waals surface area (Å²) in [6, 6.07) is 0. The zero-order chi connectivity index (χ0) is 18.4. The molecule has 1 aromatic heterocycles. The van der Waals surface area contributed by atoms with Crippen molar-refractivity contribution in [3.63, 3.8) is 0 Å². The smallest absolute Gasteiger partial charge is 0.419 e. The van der Waals surface area contributed by atoms with Crippen LogP contribution in [0, 0.1) is 0 Å². The van der Waals surface area contributed by atoms with E-state index in [0.717, 1.165) is 0 Å². The van der Waals surface area contributed by atoms with Crippen LogP contribution in [-0.4, -0.2) is 46.0 Å². The second kappa shape index (κ2) is 8.14. The van der Waals surface area contributed by atoms with Gasteiger partial charge in [-0.1, -0.05) is 0 Å². The molecule has 8 nitrogen and oxygen atoms in total. The monoisotopic (exact) mass is 340 g/mol. The maximum Gasteiger partial charge on any atom is 0.419 e. The van der Waals surface area contributed by atoms with Crippen molar-refractivity contribution < 1.29 is 19.1 Å². The number of imidazole rings is 1. The van der Waals surface area contributed by atoms with Crippen LogP contribution in [0.5, 0.6) is 0 Å². The number of nitrogens with zero attached hydrogens (tertiary/aromatic N) is 2. The number of alkyl carbamates (subject to hydrolysis) is 1. The molecule has 1 aromatic rings. The van der Waals surface area contributed by atoms with Crippen LogP contribution in [0.1, 0.15) is 47.2 Å². The third-order valence-corrected chi connectivity index (χ3v) is 2.52. The number of hydrogen-bond donors (Lipinski definition) is 2. The van der Waals surface area contributed by atoms with E-state index in [1.54, 1.807) is 6.20 Å². The highest BCUT2D eigenvalue weighted by Crippen LogP contribution is 2.09. The van der Waals surface area contributed by atoms with Gasteiger partial charge in [-0.3, -0.25) is 0 Å². The maximum absolute atomic E-state index is 11.9. The molecule has 136 valence electrons. The second-order valence-corrected chi connectivity index (χ2v) is 7.36. The number of rotatable bonds is 5. The van der Waals surface area contributed by atoms with Crippen molar-refractivity contribution in [2.45, 2.75) is 59.3 Å². The van der Waals surface area contributed by atoms with Crippen molar-refractivity contribution in [1.82, 2.24) is 20.2 Å². The first kappa shape index (κ1) is 20.0. The molecule has 0 fully saturated rings. The average Bonchev–Trinajstić information content (AvgIpc) is 2.83. The topological polar surface area (TPSA) is 94.5 Å². The van der Waals surface area contributed by atoms with Crippen molar-refractivity contribution in [3.8, 4) is 0 Å². The summed E-state index contributed by atoms with van der Waals surface area (Å²) in [6.07, 6.45) is 2.12. The minimum atomic E-state index is -0.549. The van der Waals surface area contributed by atoms with E-state index in [9.17, 15) is 9.59 Å². The van der Waals surface area contributed by atoms with Gasteiger partial charge < -0.3 is 20.1 Å². The van der Waals surface area contributed by atoms with Crippen molar-refractivity contribution in [1.29, 1.82) is 0 Å². The molecule has 0 aliphatic rings. The molecule has 1 amide bonds. The number of hydrogen-bond acceptors (Lipinski definition) is 6. The Balaban J connectivity index is 2.27. The molecule has 0 unspecified atom stereocenters. The van der Waals surface area contributed by atoms with E-state index < -0.39 is 23.4 Å². The molecule has 8 heteroatoms. The van der Waals surface area contributed by atoms with Gasteiger partial charge in [-0.15, -0.1) is 0 Å². The van der Waals surface area contributed by atoms with Gasteiger partial charge in [0.1, 0.15) is 17.5 Å². The number of amides is 1. The highest BCUT2D eigenvalue weighted by Gasteiger charge is 2.18. The van der Waals surface area contributed by atoms with Crippen LogP contribution in [0.4, 0.5) is 9.59 Å². The maximum atomic E-state index is 11.9. The van der Waals surface area contributed by atoms with Gasteiger partial charge in [0.2, 0.25) is 0 Å². The van der Waals surface area contributed by atoms with Gasteiger partial charge >= 0.3 is 12.2 Å². The fraction of sp³-hybridized carbons (Fsp3) is 0.688. The Labute approximate surface area is 142 Å². The molecule has 0 saturated heterocycles. The van der Waals surface area contributed by atoms with Gasteiger partial charge in [-0.25, -0.2) is 19.1 Å². The van der Waals surface area contributed by atoms with Crippen molar-refractivity contribution in [2.75, 3.05) is 13.1 Å². The summed E-state index contributed by atoms with van der Waals surface area (Å²) in [5.74, 6) is 0. The molecule has 0 aliphatic carbocycles. The first-order chi connectivity index (χ1) is 11.0. The van der Waals surface area contributed by atoms with E-state index >= 15 is 0 Å². The Kier molecular flexibility index (Phi) is 6.77. The summed E-state index contributed by atoms with van der Waals surface area (Å²) in [5.41, 5.74) is -0.350. The zero-order valence-electron chi connectivity index (χ0n) is 15.3. The molecule has 1 heterocycles. The average molecular weight is 340 g/mol. The van der Waals surface area contributed by atoms with Gasteiger partial charge in [-0.2, -0.15) is 0 Å². The van der Waals surface area contributed by atoms with Crippen molar-refractivity contribution >= 4 is 12.2 Å². The lowest BCUT2D eigenvalue weighted by Crippen LogP contribution is -2.36. The van der Waals surface area contributed by atoms with Crippen molar-refractivity contribution in [2.24, 2.45) is 0 Å². The SMILES string of the molecule is CC(C)(C)OC(=O)NCCNCc1cn(C(=O)OC(C)(C)C)cn1. The lowest BCUT2D eigenvalue weighted by atomic mass is 10.2. The van der Waals surface area contributed by atoms with E-state index in [1.165, 1.54) is 10.9 Å². The number of carbonyl (C=O) groups excluding carboxylic acids is 2. The van der Waals surface area contributed by atoms with Crippen molar-refractivity contribution in [3.05, 3.63) is 18.2 Å². The molecule has 1 rings (SSSR count). The first-order valence-corrected chi connectivity index (χ1v) is 7.90. The third kappa shape index (κ3) is 8.52. The zero-order valence-corrected chi connectivity index (χ0v) is 15.3. The Morgan fingerprint density at radius 3 is 2.29 bits per heavy atom. The summed E-state index contributed by atoms with van der Waals surface area (Å²) < 4.78 is 11.7.